The molecule has 2 fully saturated rings. The Morgan fingerprint density at radius 2 is 2.00 bits per heavy atom. The van der Waals surface area contributed by atoms with E-state index in [-0.39, 0.29) is 24.8 Å². The highest BCUT2D eigenvalue weighted by atomic mass is 16.5. The first-order valence-corrected chi connectivity index (χ1v) is 8.89. The summed E-state index contributed by atoms with van der Waals surface area (Å²) in [7, 11) is 3.05. The molecular formula is C19H24N2O6. The van der Waals surface area contributed by atoms with Gasteiger partial charge in [0.2, 0.25) is 11.8 Å². The van der Waals surface area contributed by atoms with Crippen molar-refractivity contribution in [1.29, 1.82) is 0 Å². The fourth-order valence-electron chi connectivity index (χ4n) is 3.87. The van der Waals surface area contributed by atoms with E-state index in [1.165, 1.54) is 16.9 Å². The minimum Gasteiger partial charge on any atom is -0.497 e. The number of carbonyl (C=O) groups is 3. The zero-order valence-electron chi connectivity index (χ0n) is 15.7. The van der Waals surface area contributed by atoms with E-state index >= 15 is 0 Å². The maximum Gasteiger partial charge on any atom is 0.329 e. The molecule has 2 unspecified atom stereocenters. The first-order valence-electron chi connectivity index (χ1n) is 8.89. The number of rotatable bonds is 5. The number of carboxylic acid groups (broad SMARTS) is 1. The van der Waals surface area contributed by atoms with Gasteiger partial charge in [0.15, 0.2) is 0 Å². The predicted octanol–water partition coefficient (Wildman–Crippen LogP) is 1.52. The molecule has 3 rings (SSSR count). The number of hydrogen-bond donors (Lipinski definition) is 1. The van der Waals surface area contributed by atoms with E-state index in [1.54, 1.807) is 32.2 Å². The molecule has 0 aromatic heterocycles. The first kappa shape index (κ1) is 19.0. The SMILES string of the molecule is COc1ccc(N2CC(C(=O)N3CCCC3(C)C(=O)O)CC2=O)c(OC)c1. The summed E-state index contributed by atoms with van der Waals surface area (Å²) in [6, 6.07) is 5.13. The normalized spacial score (nSPS) is 25.0. The molecule has 8 nitrogen and oxygen atoms in total. The van der Waals surface area contributed by atoms with Crippen molar-refractivity contribution in [3.05, 3.63) is 18.2 Å². The van der Waals surface area contributed by atoms with Crippen LogP contribution in [0.5, 0.6) is 11.5 Å². The maximum absolute atomic E-state index is 13.0. The van der Waals surface area contributed by atoms with Gasteiger partial charge < -0.3 is 24.4 Å². The molecule has 0 aliphatic carbocycles. The van der Waals surface area contributed by atoms with Crippen molar-refractivity contribution in [1.82, 2.24) is 4.90 Å². The average molecular weight is 376 g/mol. The van der Waals surface area contributed by atoms with Crippen LogP contribution in [-0.4, -0.2) is 60.6 Å². The van der Waals surface area contributed by atoms with E-state index < -0.39 is 17.4 Å². The van der Waals surface area contributed by atoms with Crippen LogP contribution >= 0.6 is 0 Å². The third-order valence-corrected chi connectivity index (χ3v) is 5.52. The van der Waals surface area contributed by atoms with Crippen molar-refractivity contribution in [2.45, 2.75) is 31.7 Å². The van der Waals surface area contributed by atoms with E-state index in [0.29, 0.717) is 36.6 Å². The number of amides is 2. The second-order valence-electron chi connectivity index (χ2n) is 7.12. The van der Waals surface area contributed by atoms with Crippen LogP contribution in [0.25, 0.3) is 0 Å². The number of ether oxygens (including phenoxy) is 2. The number of likely N-dealkylation sites (tertiary alicyclic amines) is 1. The lowest BCUT2D eigenvalue weighted by atomic mass is 9.97. The van der Waals surface area contributed by atoms with Crippen LogP contribution in [-0.2, 0) is 14.4 Å². The van der Waals surface area contributed by atoms with Gasteiger partial charge in [0.05, 0.1) is 25.8 Å². The number of aliphatic carboxylic acids is 1. The highest BCUT2D eigenvalue weighted by Crippen LogP contribution is 2.38. The zero-order valence-corrected chi connectivity index (χ0v) is 15.7. The van der Waals surface area contributed by atoms with Gasteiger partial charge in [0, 0.05) is 25.6 Å². The second kappa shape index (κ2) is 7.09. The third-order valence-electron chi connectivity index (χ3n) is 5.52. The molecule has 2 amide bonds. The van der Waals surface area contributed by atoms with E-state index in [4.69, 9.17) is 9.47 Å². The number of hydrogen-bond acceptors (Lipinski definition) is 5. The van der Waals surface area contributed by atoms with Crippen LogP contribution in [0.3, 0.4) is 0 Å². The number of nitrogens with zero attached hydrogens (tertiary/aromatic N) is 2. The Hall–Kier alpha value is -2.77. The third kappa shape index (κ3) is 3.20. The number of carbonyl (C=O) groups excluding carboxylic acids is 2. The summed E-state index contributed by atoms with van der Waals surface area (Å²) in [5.41, 5.74) is -0.633. The zero-order chi connectivity index (χ0) is 19.8. The molecule has 1 aromatic carbocycles. The summed E-state index contributed by atoms with van der Waals surface area (Å²) in [6.07, 6.45) is 1.12. The molecule has 2 heterocycles. The smallest absolute Gasteiger partial charge is 0.329 e. The van der Waals surface area contributed by atoms with Crippen LogP contribution in [0.4, 0.5) is 5.69 Å². The van der Waals surface area contributed by atoms with Crippen LogP contribution in [0.15, 0.2) is 18.2 Å². The van der Waals surface area contributed by atoms with Crippen molar-refractivity contribution in [3.8, 4) is 11.5 Å². The van der Waals surface area contributed by atoms with Crippen molar-refractivity contribution in [2.24, 2.45) is 5.92 Å². The summed E-state index contributed by atoms with van der Waals surface area (Å²) < 4.78 is 10.5. The molecule has 2 aliphatic rings. The quantitative estimate of drug-likeness (QED) is 0.837. The maximum atomic E-state index is 13.0. The minimum absolute atomic E-state index is 0.0558. The number of methoxy groups -OCH3 is 2. The van der Waals surface area contributed by atoms with Gasteiger partial charge in [-0.2, -0.15) is 0 Å². The average Bonchev–Trinajstić information content (AvgIpc) is 3.24. The van der Waals surface area contributed by atoms with Crippen LogP contribution in [0.2, 0.25) is 0 Å². The molecule has 27 heavy (non-hydrogen) atoms. The van der Waals surface area contributed by atoms with E-state index in [0.717, 1.165) is 0 Å². The summed E-state index contributed by atoms with van der Waals surface area (Å²) in [5, 5.41) is 9.53. The number of carboxylic acids is 1. The highest BCUT2D eigenvalue weighted by molar-refractivity contribution is 6.02. The topological polar surface area (TPSA) is 96.4 Å². The van der Waals surface area contributed by atoms with E-state index in [9.17, 15) is 19.5 Å². The Balaban J connectivity index is 1.82. The van der Waals surface area contributed by atoms with E-state index in [2.05, 4.69) is 0 Å². The van der Waals surface area contributed by atoms with Gasteiger partial charge in [0.25, 0.3) is 0 Å². The van der Waals surface area contributed by atoms with Crippen molar-refractivity contribution in [3.63, 3.8) is 0 Å². The number of benzene rings is 1. The molecule has 1 N–H and O–H groups in total. The lowest BCUT2D eigenvalue weighted by molar-refractivity contribution is -0.156. The highest BCUT2D eigenvalue weighted by Gasteiger charge is 2.49. The Morgan fingerprint density at radius 3 is 2.63 bits per heavy atom. The molecular weight excluding hydrogens is 352 g/mol. The number of anilines is 1. The van der Waals surface area contributed by atoms with Gasteiger partial charge >= 0.3 is 5.97 Å². The van der Waals surface area contributed by atoms with Gasteiger partial charge in [-0.15, -0.1) is 0 Å². The molecule has 2 saturated heterocycles. The molecule has 0 bridgehead atoms. The molecule has 2 aliphatic heterocycles. The second-order valence-corrected chi connectivity index (χ2v) is 7.12. The summed E-state index contributed by atoms with van der Waals surface area (Å²) in [6.45, 7) is 2.17. The fourth-order valence-corrected chi connectivity index (χ4v) is 3.87. The Bertz CT molecular complexity index is 779. The largest absolute Gasteiger partial charge is 0.497 e. The van der Waals surface area contributed by atoms with Crippen molar-refractivity contribution in [2.75, 3.05) is 32.2 Å². The van der Waals surface area contributed by atoms with Gasteiger partial charge in [-0.1, -0.05) is 0 Å². The summed E-state index contributed by atoms with van der Waals surface area (Å²) in [5.74, 6) is -0.960. The molecule has 146 valence electrons. The lowest BCUT2D eigenvalue weighted by Gasteiger charge is -2.33. The van der Waals surface area contributed by atoms with Crippen molar-refractivity contribution < 1.29 is 29.0 Å². The van der Waals surface area contributed by atoms with Gasteiger partial charge in [-0.25, -0.2) is 4.79 Å². The summed E-state index contributed by atoms with van der Waals surface area (Å²) >= 11 is 0. The lowest BCUT2D eigenvalue weighted by Crippen LogP contribution is -2.52. The first-order chi connectivity index (χ1) is 12.8. The van der Waals surface area contributed by atoms with Gasteiger partial charge in [-0.05, 0) is 31.9 Å². The molecule has 1 aromatic rings. The van der Waals surface area contributed by atoms with Crippen LogP contribution in [0.1, 0.15) is 26.2 Å². The molecule has 8 heteroatoms. The van der Waals surface area contributed by atoms with Crippen molar-refractivity contribution >= 4 is 23.5 Å². The summed E-state index contributed by atoms with van der Waals surface area (Å²) in [4.78, 5) is 40.1. The Labute approximate surface area is 157 Å². The molecule has 0 saturated carbocycles. The Morgan fingerprint density at radius 1 is 1.26 bits per heavy atom. The van der Waals surface area contributed by atoms with E-state index in [1.807, 2.05) is 0 Å². The van der Waals surface area contributed by atoms with Crippen LogP contribution < -0.4 is 14.4 Å². The van der Waals surface area contributed by atoms with Gasteiger partial charge in [0.1, 0.15) is 17.0 Å². The Kier molecular flexibility index (Phi) is 4.99. The fraction of sp³-hybridized carbons (Fsp3) is 0.526. The molecule has 0 spiro atoms. The minimum atomic E-state index is -1.20. The van der Waals surface area contributed by atoms with Gasteiger partial charge in [-0.3, -0.25) is 9.59 Å². The molecule has 0 radical (unpaired) electrons. The predicted molar refractivity (Wildman–Crippen MR) is 97.0 cm³/mol. The standard InChI is InChI=1S/C19H24N2O6/c1-19(18(24)25)7-4-8-21(19)17(23)12-9-16(22)20(11-12)14-6-5-13(26-2)10-15(14)27-3/h5-6,10,12H,4,7-9,11H2,1-3H3,(H,24,25). The monoisotopic (exact) mass is 376 g/mol. The molecule has 2 atom stereocenters. The van der Waals surface area contributed by atoms with Crippen LogP contribution in [0, 0.1) is 5.92 Å².